The molecule has 0 spiro atoms. The maximum atomic E-state index is 14.1. The van der Waals surface area contributed by atoms with Crippen LogP contribution >= 0.6 is 34.7 Å². The maximum Gasteiger partial charge on any atom is 0.278 e. The molecule has 0 fully saturated rings. The van der Waals surface area contributed by atoms with E-state index in [4.69, 9.17) is 11.6 Å². The molecule has 1 N–H and O–H groups in total. The van der Waals surface area contributed by atoms with Gasteiger partial charge in [0.25, 0.3) is 5.56 Å². The molecular formula is C18H9ClF3N3O2S2. The number of fused-ring (bicyclic) bond motifs is 1. The third-order valence-corrected chi connectivity index (χ3v) is 6.00. The van der Waals surface area contributed by atoms with Crippen LogP contribution in [0.5, 0.6) is 5.75 Å². The van der Waals surface area contributed by atoms with Gasteiger partial charge in [-0.3, -0.25) is 9.36 Å². The highest BCUT2D eigenvalue weighted by Crippen LogP contribution is 2.29. The Bertz CT molecular complexity index is 1290. The first-order valence-corrected chi connectivity index (χ1v) is 10.2. The Morgan fingerprint density at radius 1 is 1.14 bits per heavy atom. The Morgan fingerprint density at radius 2 is 1.86 bits per heavy atom. The maximum absolute atomic E-state index is 14.1. The van der Waals surface area contributed by atoms with E-state index in [-0.39, 0.29) is 32.0 Å². The van der Waals surface area contributed by atoms with Crippen molar-refractivity contribution in [2.45, 2.75) is 10.9 Å². The largest absolute Gasteiger partial charge is 0.503 e. The Balaban J connectivity index is 1.84. The average Bonchev–Trinajstić information content (AvgIpc) is 3.14. The number of benzene rings is 2. The van der Waals surface area contributed by atoms with Crippen molar-refractivity contribution in [3.8, 4) is 11.4 Å². The Hall–Kier alpha value is -2.56. The van der Waals surface area contributed by atoms with E-state index in [9.17, 15) is 23.1 Å². The van der Waals surface area contributed by atoms with Crippen LogP contribution in [0, 0.1) is 17.5 Å². The average molecular weight is 456 g/mol. The molecule has 5 nitrogen and oxygen atoms in total. The second-order valence-corrected chi connectivity index (χ2v) is 8.06. The summed E-state index contributed by atoms with van der Waals surface area (Å²) in [6, 6.07) is 5.82. The Labute approximate surface area is 174 Å². The molecule has 29 heavy (non-hydrogen) atoms. The molecule has 148 valence electrons. The number of aromatic nitrogens is 3. The van der Waals surface area contributed by atoms with Crippen LogP contribution in [-0.2, 0) is 5.75 Å². The van der Waals surface area contributed by atoms with E-state index >= 15 is 0 Å². The SMILES string of the molecule is O=c1c2scnc2nc(SCc2ccc(Cl)cc2F)n1-c1cc(F)c(O)c(F)c1. The Kier molecular flexibility index (Phi) is 5.24. The lowest BCUT2D eigenvalue weighted by Gasteiger charge is -2.13. The fourth-order valence-electron chi connectivity index (χ4n) is 2.58. The van der Waals surface area contributed by atoms with Gasteiger partial charge in [0.15, 0.2) is 28.2 Å². The van der Waals surface area contributed by atoms with Gasteiger partial charge >= 0.3 is 0 Å². The summed E-state index contributed by atoms with van der Waals surface area (Å²) in [6.07, 6.45) is 0. The van der Waals surface area contributed by atoms with Gasteiger partial charge in [0.1, 0.15) is 10.5 Å². The van der Waals surface area contributed by atoms with E-state index in [0.29, 0.717) is 5.56 Å². The van der Waals surface area contributed by atoms with Crippen LogP contribution in [0.25, 0.3) is 16.0 Å². The first kappa shape index (κ1) is 19.7. The zero-order chi connectivity index (χ0) is 20.7. The molecule has 0 aliphatic rings. The van der Waals surface area contributed by atoms with Gasteiger partial charge in [-0.2, -0.15) is 0 Å². The van der Waals surface area contributed by atoms with E-state index in [2.05, 4.69) is 9.97 Å². The minimum Gasteiger partial charge on any atom is -0.503 e. The first-order valence-electron chi connectivity index (χ1n) is 7.96. The zero-order valence-corrected chi connectivity index (χ0v) is 16.6. The van der Waals surface area contributed by atoms with E-state index in [1.807, 2.05) is 0 Å². The number of aromatic hydroxyl groups is 1. The third-order valence-electron chi connectivity index (χ3n) is 3.97. The van der Waals surface area contributed by atoms with Gasteiger partial charge in [0.2, 0.25) is 0 Å². The van der Waals surface area contributed by atoms with Crippen molar-refractivity contribution < 1.29 is 18.3 Å². The van der Waals surface area contributed by atoms with Gasteiger partial charge in [-0.05, 0) is 17.7 Å². The monoisotopic (exact) mass is 455 g/mol. The summed E-state index contributed by atoms with van der Waals surface area (Å²) in [7, 11) is 0. The summed E-state index contributed by atoms with van der Waals surface area (Å²) in [6.45, 7) is 0. The third kappa shape index (κ3) is 3.70. The fraction of sp³-hybridized carbons (Fsp3) is 0.0556. The second kappa shape index (κ2) is 7.69. The predicted molar refractivity (Wildman–Crippen MR) is 106 cm³/mol. The fourth-order valence-corrected chi connectivity index (χ4v) is 4.38. The van der Waals surface area contributed by atoms with Crippen LogP contribution in [0.2, 0.25) is 5.02 Å². The van der Waals surface area contributed by atoms with Crippen molar-refractivity contribution in [1.29, 1.82) is 0 Å². The van der Waals surface area contributed by atoms with Crippen molar-refractivity contribution in [2.75, 3.05) is 0 Å². The smallest absolute Gasteiger partial charge is 0.278 e. The van der Waals surface area contributed by atoms with E-state index in [1.165, 1.54) is 17.6 Å². The lowest BCUT2D eigenvalue weighted by Crippen LogP contribution is -2.21. The summed E-state index contributed by atoms with van der Waals surface area (Å²) in [5, 5.41) is 9.64. The van der Waals surface area contributed by atoms with Crippen LogP contribution in [-0.4, -0.2) is 19.6 Å². The van der Waals surface area contributed by atoms with E-state index in [1.54, 1.807) is 0 Å². The number of hydrogen-bond acceptors (Lipinski definition) is 6. The number of thioether (sulfide) groups is 1. The normalized spacial score (nSPS) is 11.3. The highest BCUT2D eigenvalue weighted by Gasteiger charge is 2.19. The molecule has 0 bridgehead atoms. The van der Waals surface area contributed by atoms with Gasteiger partial charge in [-0.1, -0.05) is 29.4 Å². The van der Waals surface area contributed by atoms with Crippen LogP contribution in [0.15, 0.2) is 45.8 Å². The predicted octanol–water partition coefficient (Wildman–Crippen LogP) is 4.91. The molecule has 0 aliphatic heterocycles. The van der Waals surface area contributed by atoms with Gasteiger partial charge in [0.05, 0.1) is 11.2 Å². The molecule has 0 radical (unpaired) electrons. The minimum atomic E-state index is -1.23. The number of phenols is 1. The quantitative estimate of drug-likeness (QED) is 0.350. The molecule has 2 aromatic heterocycles. The van der Waals surface area contributed by atoms with Crippen molar-refractivity contribution in [1.82, 2.24) is 14.5 Å². The summed E-state index contributed by atoms with van der Waals surface area (Å²) >= 11 is 7.78. The molecule has 4 aromatic rings. The van der Waals surface area contributed by atoms with Gasteiger partial charge < -0.3 is 5.11 Å². The van der Waals surface area contributed by atoms with Crippen molar-refractivity contribution in [3.05, 3.63) is 74.2 Å². The molecule has 0 saturated heterocycles. The standard InChI is InChI=1S/C18H9ClF3N3O2S2/c19-9-2-1-8(11(20)3-9)6-28-18-24-16-15(29-7-23-16)17(27)25(18)10-4-12(21)14(26)13(22)5-10/h1-5,7,26H,6H2. The summed E-state index contributed by atoms with van der Waals surface area (Å²) < 4.78 is 43.0. The molecule has 0 atom stereocenters. The molecule has 4 rings (SSSR count). The van der Waals surface area contributed by atoms with Gasteiger partial charge in [-0.25, -0.2) is 23.1 Å². The lowest BCUT2D eigenvalue weighted by molar-refractivity contribution is 0.395. The molecule has 0 aliphatic carbocycles. The molecule has 0 amide bonds. The van der Waals surface area contributed by atoms with E-state index in [0.717, 1.165) is 45.9 Å². The van der Waals surface area contributed by atoms with Crippen LogP contribution in [0.3, 0.4) is 0 Å². The number of rotatable bonds is 4. The minimum absolute atomic E-state index is 0.0623. The highest BCUT2D eigenvalue weighted by molar-refractivity contribution is 7.98. The molecular weight excluding hydrogens is 447 g/mol. The molecule has 2 aromatic carbocycles. The molecule has 0 unspecified atom stereocenters. The zero-order valence-electron chi connectivity index (χ0n) is 14.2. The lowest BCUT2D eigenvalue weighted by atomic mass is 10.2. The van der Waals surface area contributed by atoms with Crippen LogP contribution in [0.1, 0.15) is 5.56 Å². The Morgan fingerprint density at radius 3 is 2.55 bits per heavy atom. The van der Waals surface area contributed by atoms with Crippen LogP contribution in [0.4, 0.5) is 13.2 Å². The number of nitrogens with zero attached hydrogens (tertiary/aromatic N) is 3. The summed E-state index contributed by atoms with van der Waals surface area (Å²) in [5.41, 5.74) is 1.16. The van der Waals surface area contributed by atoms with E-state index < -0.39 is 28.8 Å². The van der Waals surface area contributed by atoms with Crippen molar-refractivity contribution in [2.24, 2.45) is 0 Å². The van der Waals surface area contributed by atoms with Crippen molar-refractivity contribution in [3.63, 3.8) is 0 Å². The summed E-state index contributed by atoms with van der Waals surface area (Å²) in [5.74, 6) is -4.05. The number of phenolic OH excluding ortho intramolecular Hbond substituents is 1. The molecule has 0 saturated carbocycles. The number of halogens is 4. The summed E-state index contributed by atoms with van der Waals surface area (Å²) in [4.78, 5) is 21.2. The number of hydrogen-bond donors (Lipinski definition) is 1. The molecule has 2 heterocycles. The van der Waals surface area contributed by atoms with Crippen LogP contribution < -0.4 is 5.56 Å². The van der Waals surface area contributed by atoms with Gasteiger partial charge in [0, 0.05) is 22.9 Å². The van der Waals surface area contributed by atoms with Gasteiger partial charge in [-0.15, -0.1) is 11.3 Å². The highest BCUT2D eigenvalue weighted by atomic mass is 35.5. The number of thiazole rings is 1. The van der Waals surface area contributed by atoms with Crippen molar-refractivity contribution >= 4 is 45.0 Å². The first-order chi connectivity index (χ1) is 13.8. The topological polar surface area (TPSA) is 68.0 Å². The second-order valence-electron chi connectivity index (χ2n) is 5.82. The molecule has 11 heteroatoms.